The van der Waals surface area contributed by atoms with Crippen LogP contribution in [0.3, 0.4) is 0 Å². The van der Waals surface area contributed by atoms with Crippen LogP contribution in [0.1, 0.15) is 119 Å². The van der Waals surface area contributed by atoms with Crippen LogP contribution in [0.15, 0.2) is 42.1 Å². The number of carbonyl (C=O) groups excluding carboxylic acids is 3. The van der Waals surface area contributed by atoms with Gasteiger partial charge < -0.3 is 20.2 Å². The zero-order chi connectivity index (χ0) is 36.1. The lowest BCUT2D eigenvalue weighted by Gasteiger charge is -2.70. The van der Waals surface area contributed by atoms with Gasteiger partial charge in [-0.2, -0.15) is 0 Å². The van der Waals surface area contributed by atoms with E-state index >= 15 is 0 Å². The highest BCUT2D eigenvalue weighted by molar-refractivity contribution is 5.96. The normalized spacial score (nSPS) is 41.1. The number of nitrogens with one attached hydrogen (secondary N) is 1. The second-order valence-electron chi connectivity index (χ2n) is 18.9. The molecule has 0 saturated heterocycles. The molecule has 272 valence electrons. The van der Waals surface area contributed by atoms with Crippen LogP contribution < -0.4 is 5.73 Å². The number of para-hydroxylation sites is 1. The van der Waals surface area contributed by atoms with Gasteiger partial charge in [0.1, 0.15) is 12.1 Å². The summed E-state index contributed by atoms with van der Waals surface area (Å²) in [7, 11) is 0. The number of fused-ring (bicyclic) bond motifs is 8. The molecule has 1 heterocycles. The SMILES string of the molecule is CCOC(=O)[C@@]1(C)CC[C@]2(C)CC[C@]3(C)C(=CC(=O)[C@@H]4[C@@]5(C)CC[C@H](OC(=O)[C@H](N)Cc6c[nH]c7ccccc67)C(C)(C)[C@@H]5CC[C@]43C)[C@@H]2C1. The number of esters is 2. The zero-order valence-corrected chi connectivity index (χ0v) is 31.7. The Hall–Kier alpha value is -2.93. The van der Waals surface area contributed by atoms with Crippen molar-refractivity contribution in [3.05, 3.63) is 47.7 Å². The van der Waals surface area contributed by atoms with Gasteiger partial charge in [0.15, 0.2) is 5.78 Å². The molecule has 0 amide bonds. The first kappa shape index (κ1) is 35.5. The molecule has 7 nitrogen and oxygen atoms in total. The highest BCUT2D eigenvalue weighted by Gasteiger charge is 2.70. The molecule has 0 radical (unpaired) electrons. The Labute approximate surface area is 298 Å². The summed E-state index contributed by atoms with van der Waals surface area (Å²) in [6, 6.07) is 7.31. The number of ether oxygens (including phenoxy) is 2. The number of hydrogen-bond donors (Lipinski definition) is 2. The van der Waals surface area contributed by atoms with Crippen LogP contribution in [-0.2, 0) is 30.3 Å². The third kappa shape index (κ3) is 5.02. The molecule has 10 atom stereocenters. The highest BCUT2D eigenvalue weighted by atomic mass is 16.5. The summed E-state index contributed by atoms with van der Waals surface area (Å²) in [4.78, 5) is 44.9. The molecule has 4 saturated carbocycles. The van der Waals surface area contributed by atoms with Crippen molar-refractivity contribution >= 4 is 28.6 Å². The summed E-state index contributed by atoms with van der Waals surface area (Å²) >= 11 is 0. The molecule has 7 heteroatoms. The topological polar surface area (TPSA) is 111 Å². The minimum atomic E-state index is -0.751. The van der Waals surface area contributed by atoms with Gasteiger partial charge >= 0.3 is 11.9 Å². The lowest BCUT2D eigenvalue weighted by atomic mass is 9.33. The van der Waals surface area contributed by atoms with Crippen molar-refractivity contribution in [2.75, 3.05) is 6.61 Å². The van der Waals surface area contributed by atoms with Crippen LogP contribution in [0.25, 0.3) is 10.9 Å². The first-order valence-corrected chi connectivity index (χ1v) is 19.4. The number of aromatic nitrogens is 1. The Morgan fingerprint density at radius 1 is 0.960 bits per heavy atom. The number of aromatic amines is 1. The number of carbonyl (C=O) groups is 3. The summed E-state index contributed by atoms with van der Waals surface area (Å²) in [5, 5.41) is 1.08. The molecule has 50 heavy (non-hydrogen) atoms. The van der Waals surface area contributed by atoms with E-state index in [1.807, 2.05) is 37.4 Å². The maximum absolute atomic E-state index is 14.8. The van der Waals surface area contributed by atoms with Crippen LogP contribution in [0, 0.1) is 50.2 Å². The standard InChI is InChI=1S/C43H60N2O5/c1-9-49-37(48)40(5)19-18-39(4)20-21-42(7)28(29(39)24-40)23-32(46)35-41(6)16-15-34(38(2,3)33(41)14-17-43(35,42)8)50-36(47)30(44)22-26-25-45-31-13-11-10-12-27(26)31/h10-13,23,25,29-30,33-35,45H,9,14-22,24,44H2,1-8H3/t29-,30+,33-,34-,35+,39+,40-,41-,42+,43+/m0/s1. The van der Waals surface area contributed by atoms with E-state index in [0.29, 0.717) is 13.0 Å². The predicted molar refractivity (Wildman–Crippen MR) is 196 cm³/mol. The number of hydrogen-bond acceptors (Lipinski definition) is 6. The minimum Gasteiger partial charge on any atom is -0.466 e. The molecule has 0 aliphatic heterocycles. The van der Waals surface area contributed by atoms with Crippen molar-refractivity contribution < 1.29 is 23.9 Å². The number of rotatable bonds is 6. The lowest BCUT2D eigenvalue weighted by molar-refractivity contribution is -0.211. The molecule has 5 aliphatic rings. The fourth-order valence-electron chi connectivity index (χ4n) is 12.7. The number of nitrogens with two attached hydrogens (primary N) is 1. The van der Waals surface area contributed by atoms with Crippen molar-refractivity contribution in [2.45, 2.75) is 132 Å². The largest absolute Gasteiger partial charge is 0.466 e. The average molecular weight is 685 g/mol. The summed E-state index contributed by atoms with van der Waals surface area (Å²) in [6.45, 7) is 18.5. The summed E-state index contributed by atoms with van der Waals surface area (Å²) in [5.74, 6) is 0.143. The second-order valence-corrected chi connectivity index (χ2v) is 18.9. The minimum absolute atomic E-state index is 0.0842. The van der Waals surface area contributed by atoms with E-state index in [0.717, 1.165) is 74.3 Å². The van der Waals surface area contributed by atoms with Crippen LogP contribution >= 0.6 is 0 Å². The Balaban J connectivity index is 1.14. The molecular formula is C43H60N2O5. The zero-order valence-electron chi connectivity index (χ0n) is 31.7. The maximum atomic E-state index is 14.8. The van der Waals surface area contributed by atoms with Gasteiger partial charge in [0.2, 0.25) is 0 Å². The van der Waals surface area contributed by atoms with Gasteiger partial charge in [-0.25, -0.2) is 0 Å². The van der Waals surface area contributed by atoms with Gasteiger partial charge in [-0.05, 0) is 123 Å². The third-order valence-electron chi connectivity index (χ3n) is 16.0. The van der Waals surface area contributed by atoms with Crippen LogP contribution in [0.2, 0.25) is 0 Å². The van der Waals surface area contributed by atoms with E-state index in [1.54, 1.807) is 0 Å². The molecule has 1 aromatic heterocycles. The van der Waals surface area contributed by atoms with Gasteiger partial charge in [-0.3, -0.25) is 14.4 Å². The number of ketones is 1. The van der Waals surface area contributed by atoms with Gasteiger partial charge in [0, 0.05) is 34.9 Å². The quantitative estimate of drug-likeness (QED) is 0.295. The molecule has 0 bridgehead atoms. The van der Waals surface area contributed by atoms with E-state index in [4.69, 9.17) is 15.2 Å². The van der Waals surface area contributed by atoms with Gasteiger partial charge in [0.05, 0.1) is 12.0 Å². The number of H-pyrrole nitrogens is 1. The molecule has 0 spiro atoms. The van der Waals surface area contributed by atoms with Crippen molar-refractivity contribution in [2.24, 2.45) is 56.0 Å². The van der Waals surface area contributed by atoms with E-state index in [1.165, 1.54) is 5.57 Å². The molecule has 7 rings (SSSR count). The molecule has 1 aromatic carbocycles. The molecule has 4 fully saturated rings. The fourth-order valence-corrected chi connectivity index (χ4v) is 12.7. The van der Waals surface area contributed by atoms with E-state index in [9.17, 15) is 14.4 Å². The first-order chi connectivity index (χ1) is 23.4. The summed E-state index contributed by atoms with van der Waals surface area (Å²) in [5.41, 5.74) is 8.56. The Kier molecular flexibility index (Phi) is 8.37. The number of benzene rings is 1. The maximum Gasteiger partial charge on any atom is 0.323 e. The Morgan fingerprint density at radius 2 is 1.68 bits per heavy atom. The van der Waals surface area contributed by atoms with Crippen LogP contribution in [0.5, 0.6) is 0 Å². The average Bonchev–Trinajstić information content (AvgIpc) is 3.46. The second kappa shape index (κ2) is 11.8. The third-order valence-corrected chi connectivity index (χ3v) is 16.0. The van der Waals surface area contributed by atoms with Crippen LogP contribution in [-0.4, -0.2) is 41.5 Å². The van der Waals surface area contributed by atoms with E-state index in [-0.39, 0.29) is 68.7 Å². The van der Waals surface area contributed by atoms with E-state index < -0.39 is 11.5 Å². The summed E-state index contributed by atoms with van der Waals surface area (Å²) < 4.78 is 11.9. The number of allylic oxidation sites excluding steroid dienone is 2. The molecule has 0 unspecified atom stereocenters. The highest BCUT2D eigenvalue weighted by Crippen LogP contribution is 2.75. The van der Waals surface area contributed by atoms with Crippen molar-refractivity contribution in [3.63, 3.8) is 0 Å². The fraction of sp³-hybridized carbons (Fsp3) is 0.698. The van der Waals surface area contributed by atoms with Gasteiger partial charge in [-0.1, -0.05) is 65.3 Å². The molecule has 3 N–H and O–H groups in total. The molecular weight excluding hydrogens is 624 g/mol. The van der Waals surface area contributed by atoms with Crippen LogP contribution in [0.4, 0.5) is 0 Å². The Morgan fingerprint density at radius 3 is 2.42 bits per heavy atom. The van der Waals surface area contributed by atoms with Crippen molar-refractivity contribution in [3.8, 4) is 0 Å². The van der Waals surface area contributed by atoms with E-state index in [2.05, 4.69) is 59.5 Å². The molecule has 5 aliphatic carbocycles. The monoisotopic (exact) mass is 684 g/mol. The van der Waals surface area contributed by atoms with Crippen molar-refractivity contribution in [1.29, 1.82) is 0 Å². The smallest absolute Gasteiger partial charge is 0.323 e. The summed E-state index contributed by atoms with van der Waals surface area (Å²) in [6.07, 6.45) is 12.4. The Bertz CT molecular complexity index is 1740. The molecule has 2 aromatic rings. The first-order valence-electron chi connectivity index (χ1n) is 19.4. The van der Waals surface area contributed by atoms with Gasteiger partial charge in [0.25, 0.3) is 0 Å². The predicted octanol–water partition coefficient (Wildman–Crippen LogP) is 8.49. The lowest BCUT2D eigenvalue weighted by Crippen LogP contribution is -2.67. The van der Waals surface area contributed by atoms with Gasteiger partial charge in [-0.15, -0.1) is 0 Å². The van der Waals surface area contributed by atoms with Crippen molar-refractivity contribution in [1.82, 2.24) is 4.98 Å².